The fourth-order valence-electron chi connectivity index (χ4n) is 2.54. The average Bonchev–Trinajstić information content (AvgIpc) is 2.49. The molecule has 1 saturated heterocycles. The Morgan fingerprint density at radius 1 is 1.24 bits per heavy atom. The number of hydrogen-bond donors (Lipinski definition) is 0. The van der Waals surface area contributed by atoms with Crippen molar-refractivity contribution in [2.24, 2.45) is 5.41 Å². The fourth-order valence-corrected chi connectivity index (χ4v) is 6.01. The van der Waals surface area contributed by atoms with Gasteiger partial charge in [0, 0.05) is 11.5 Å². The number of carbonyl (C=O) groups excluding carboxylic acids is 1. The summed E-state index contributed by atoms with van der Waals surface area (Å²) < 4.78 is 5.48. The van der Waals surface area contributed by atoms with Crippen molar-refractivity contribution in [2.75, 3.05) is 18.1 Å². The van der Waals surface area contributed by atoms with Crippen LogP contribution in [-0.4, -0.2) is 28.7 Å². The van der Waals surface area contributed by atoms with Gasteiger partial charge in [-0.25, -0.2) is 4.79 Å². The van der Waals surface area contributed by atoms with Gasteiger partial charge >= 0.3 is 5.97 Å². The lowest BCUT2D eigenvalue weighted by molar-refractivity contribution is -0.137. The first-order valence-electron chi connectivity index (χ1n) is 7.47. The van der Waals surface area contributed by atoms with Gasteiger partial charge in [0.1, 0.15) is 0 Å². The maximum Gasteiger partial charge on any atom is 0.330 e. The summed E-state index contributed by atoms with van der Waals surface area (Å²) in [5.41, 5.74) is 0.0995. The second kappa shape index (κ2) is 10.2. The van der Waals surface area contributed by atoms with Crippen LogP contribution in [0.1, 0.15) is 32.6 Å². The normalized spacial score (nSPS) is 16.8. The van der Waals surface area contributed by atoms with Crippen molar-refractivity contribution in [3.05, 3.63) is 37.5 Å². The molecule has 1 fully saturated rings. The molecule has 0 aliphatic carbocycles. The van der Waals surface area contributed by atoms with Crippen LogP contribution in [0.25, 0.3) is 0 Å². The second-order valence-corrected chi connectivity index (χ2v) is 7.86. The van der Waals surface area contributed by atoms with Crippen molar-refractivity contribution < 1.29 is 9.53 Å². The summed E-state index contributed by atoms with van der Waals surface area (Å²) in [7, 11) is 0. The lowest BCUT2D eigenvalue weighted by atomic mass is 9.79. The van der Waals surface area contributed by atoms with Crippen LogP contribution < -0.4 is 0 Å². The molecule has 0 atom stereocenters. The number of thioether (sulfide) groups is 2. The van der Waals surface area contributed by atoms with Gasteiger partial charge in [-0.3, -0.25) is 0 Å². The molecule has 0 aromatic heterocycles. The highest BCUT2D eigenvalue weighted by molar-refractivity contribution is 8.17. The van der Waals surface area contributed by atoms with Gasteiger partial charge in [-0.05, 0) is 44.1 Å². The predicted molar refractivity (Wildman–Crippen MR) is 95.8 cm³/mol. The van der Waals surface area contributed by atoms with Crippen LogP contribution >= 0.6 is 23.5 Å². The Morgan fingerprint density at radius 2 is 1.86 bits per heavy atom. The largest absolute Gasteiger partial charge is 0.463 e. The highest BCUT2D eigenvalue weighted by atomic mass is 32.2. The van der Waals surface area contributed by atoms with Crippen LogP contribution in [-0.2, 0) is 9.53 Å². The van der Waals surface area contributed by atoms with E-state index < -0.39 is 0 Å². The van der Waals surface area contributed by atoms with Gasteiger partial charge in [0.2, 0.25) is 0 Å². The van der Waals surface area contributed by atoms with Gasteiger partial charge in [-0.2, -0.15) is 0 Å². The Bertz CT molecular complexity index is 361. The highest BCUT2D eigenvalue weighted by Crippen LogP contribution is 2.49. The topological polar surface area (TPSA) is 26.3 Å². The summed E-state index contributed by atoms with van der Waals surface area (Å²) in [5, 5.41) is 0. The molecule has 1 rings (SSSR count). The van der Waals surface area contributed by atoms with Crippen molar-refractivity contribution in [3.63, 3.8) is 0 Å². The van der Waals surface area contributed by atoms with E-state index in [1.165, 1.54) is 17.9 Å². The summed E-state index contributed by atoms with van der Waals surface area (Å²) >= 11 is 4.07. The van der Waals surface area contributed by atoms with E-state index in [1.54, 1.807) is 6.08 Å². The molecule has 0 aromatic rings. The fraction of sp³-hybridized carbons (Fsp3) is 0.588. The van der Waals surface area contributed by atoms with E-state index in [0.717, 1.165) is 19.3 Å². The Balaban J connectivity index is 2.80. The van der Waals surface area contributed by atoms with Gasteiger partial charge < -0.3 is 4.74 Å². The quantitative estimate of drug-likeness (QED) is 0.344. The zero-order valence-electron chi connectivity index (χ0n) is 12.9. The minimum absolute atomic E-state index is 0.0995. The van der Waals surface area contributed by atoms with Crippen LogP contribution in [0.4, 0.5) is 0 Å². The van der Waals surface area contributed by atoms with Crippen LogP contribution in [0.15, 0.2) is 37.5 Å². The van der Waals surface area contributed by atoms with Gasteiger partial charge in [0.15, 0.2) is 0 Å². The monoisotopic (exact) mass is 326 g/mol. The molecule has 0 N–H and O–H groups in total. The van der Waals surface area contributed by atoms with Crippen molar-refractivity contribution in [1.29, 1.82) is 0 Å². The summed E-state index contributed by atoms with van der Waals surface area (Å²) in [4.78, 5) is 11.5. The number of hydrogen-bond acceptors (Lipinski definition) is 4. The van der Waals surface area contributed by atoms with Crippen molar-refractivity contribution in [3.8, 4) is 0 Å². The molecule has 0 spiro atoms. The highest BCUT2D eigenvalue weighted by Gasteiger charge is 2.37. The summed E-state index contributed by atoms with van der Waals surface area (Å²) in [6, 6.07) is 0. The molecule has 0 amide bonds. The molecular weight excluding hydrogens is 300 g/mol. The van der Waals surface area contributed by atoms with E-state index >= 15 is 0 Å². The minimum atomic E-state index is -0.257. The van der Waals surface area contributed by atoms with Gasteiger partial charge in [0.05, 0.1) is 11.2 Å². The molecule has 0 unspecified atom stereocenters. The third-order valence-corrected chi connectivity index (χ3v) is 6.96. The van der Waals surface area contributed by atoms with Crippen LogP contribution in [0.5, 0.6) is 0 Å². The molecular formula is C17H26O2S2. The van der Waals surface area contributed by atoms with Gasteiger partial charge in [-0.15, -0.1) is 36.7 Å². The molecule has 0 bridgehead atoms. The summed E-state index contributed by atoms with van der Waals surface area (Å²) in [6.07, 6.45) is 11.5. The first kappa shape index (κ1) is 18.4. The first-order chi connectivity index (χ1) is 10.2. The molecule has 0 aromatic carbocycles. The van der Waals surface area contributed by atoms with Crippen molar-refractivity contribution >= 4 is 29.5 Å². The molecule has 4 heteroatoms. The number of esters is 1. The second-order valence-electron chi connectivity index (χ2n) is 5.13. The van der Waals surface area contributed by atoms with E-state index in [1.807, 2.05) is 48.7 Å². The maximum absolute atomic E-state index is 11.5. The smallest absolute Gasteiger partial charge is 0.330 e. The molecule has 0 radical (unpaired) electrons. The zero-order valence-corrected chi connectivity index (χ0v) is 14.5. The van der Waals surface area contributed by atoms with Crippen LogP contribution in [0, 0.1) is 5.41 Å². The number of allylic oxidation sites excluding steroid dienone is 3. The standard InChI is InChI=1S/C17H26O2S2/c1-4-10-17(11-5-2,16-20-13-8-14-21-16)12-7-9-15(18)19-6-3/h4-5,7,9,16H,1-2,6,8,10-14H2,3H3/b9-7+. The predicted octanol–water partition coefficient (Wildman–Crippen LogP) is 4.83. The Labute approximate surface area is 137 Å². The minimum Gasteiger partial charge on any atom is -0.463 e. The van der Waals surface area contributed by atoms with Gasteiger partial charge in [-0.1, -0.05) is 18.2 Å². The van der Waals surface area contributed by atoms with E-state index in [-0.39, 0.29) is 11.4 Å². The Hall–Kier alpha value is -0.610. The van der Waals surface area contributed by atoms with Crippen molar-refractivity contribution in [1.82, 2.24) is 0 Å². The Kier molecular flexibility index (Phi) is 8.93. The van der Waals surface area contributed by atoms with E-state index in [4.69, 9.17) is 4.74 Å². The van der Waals surface area contributed by atoms with Gasteiger partial charge in [0.25, 0.3) is 0 Å². The summed E-state index contributed by atoms with van der Waals surface area (Å²) in [6.45, 7) is 10.1. The van der Waals surface area contributed by atoms with Crippen LogP contribution in [0.3, 0.4) is 0 Å². The summed E-state index contributed by atoms with van der Waals surface area (Å²) in [5.74, 6) is 2.18. The maximum atomic E-state index is 11.5. The molecule has 0 saturated carbocycles. The Morgan fingerprint density at radius 3 is 2.38 bits per heavy atom. The molecule has 1 aliphatic heterocycles. The lowest BCUT2D eigenvalue weighted by Crippen LogP contribution is -2.32. The van der Waals surface area contributed by atoms with Crippen LogP contribution in [0.2, 0.25) is 0 Å². The van der Waals surface area contributed by atoms with Crippen molar-refractivity contribution in [2.45, 2.75) is 37.2 Å². The molecule has 21 heavy (non-hydrogen) atoms. The van der Waals surface area contributed by atoms with E-state index in [9.17, 15) is 4.79 Å². The third-order valence-electron chi connectivity index (χ3n) is 3.49. The SMILES string of the molecule is C=CCC(CC=C)(C/C=C/C(=O)OCC)C1SCCCS1. The number of rotatable bonds is 9. The molecule has 2 nitrogen and oxygen atoms in total. The third kappa shape index (κ3) is 5.95. The zero-order chi connectivity index (χ0) is 15.6. The van der Waals surface area contributed by atoms with E-state index in [2.05, 4.69) is 13.2 Å². The molecule has 1 aliphatic rings. The first-order valence-corrected chi connectivity index (χ1v) is 9.56. The average molecular weight is 327 g/mol. The number of carbonyl (C=O) groups is 1. The van der Waals surface area contributed by atoms with E-state index in [0.29, 0.717) is 11.2 Å². The molecule has 1 heterocycles. The molecule has 118 valence electrons. The lowest BCUT2D eigenvalue weighted by Gasteiger charge is -2.40. The number of ether oxygens (including phenoxy) is 1.